The third kappa shape index (κ3) is 2.67. The minimum atomic E-state index is -0.387. The summed E-state index contributed by atoms with van der Waals surface area (Å²) in [4.78, 5) is 22.6. The Balaban J connectivity index is 2.75. The van der Waals surface area contributed by atoms with Crippen LogP contribution in [-0.2, 0) is 11.2 Å². The molecule has 0 atom stereocenters. The summed E-state index contributed by atoms with van der Waals surface area (Å²) in [5.74, 6) is 0.0855. The predicted molar refractivity (Wildman–Crippen MR) is 72.5 cm³/mol. The first kappa shape index (κ1) is 13.3. The molecule has 4 heteroatoms. The molecule has 0 aliphatic carbocycles. The van der Waals surface area contributed by atoms with E-state index in [-0.39, 0.29) is 11.6 Å². The lowest BCUT2D eigenvalue weighted by atomic mass is 10.0. The van der Waals surface area contributed by atoms with Crippen LogP contribution in [0, 0.1) is 6.92 Å². The molecule has 1 aromatic heterocycles. The normalized spacial score (nSPS) is 10.7. The van der Waals surface area contributed by atoms with Gasteiger partial charge in [0.05, 0.1) is 0 Å². The number of ether oxygens (including phenoxy) is 1. The fourth-order valence-electron chi connectivity index (χ4n) is 2.16. The maximum atomic E-state index is 11.5. The van der Waals surface area contributed by atoms with Crippen molar-refractivity contribution < 1.29 is 13.9 Å². The second-order valence-electron chi connectivity index (χ2n) is 4.51. The van der Waals surface area contributed by atoms with Gasteiger partial charge in [-0.25, -0.2) is 4.79 Å². The highest BCUT2D eigenvalue weighted by atomic mass is 16.5. The molecule has 1 aromatic carbocycles. The van der Waals surface area contributed by atoms with Crippen LogP contribution in [0.3, 0.4) is 0 Å². The SMILES string of the molecule is CCCc1c(OC(C)=O)ccc2c(C)cc(=O)oc12. The molecule has 0 saturated carbocycles. The number of benzene rings is 1. The van der Waals surface area contributed by atoms with Gasteiger partial charge in [0.1, 0.15) is 11.3 Å². The molecule has 0 amide bonds. The second-order valence-corrected chi connectivity index (χ2v) is 4.51. The van der Waals surface area contributed by atoms with Gasteiger partial charge in [0.15, 0.2) is 0 Å². The Labute approximate surface area is 111 Å². The summed E-state index contributed by atoms with van der Waals surface area (Å²) in [6, 6.07) is 5.02. The smallest absolute Gasteiger partial charge is 0.336 e. The first-order valence-electron chi connectivity index (χ1n) is 6.27. The van der Waals surface area contributed by atoms with Crippen molar-refractivity contribution in [2.45, 2.75) is 33.6 Å². The number of carbonyl (C=O) groups is 1. The van der Waals surface area contributed by atoms with Crippen LogP contribution in [0.1, 0.15) is 31.4 Å². The lowest BCUT2D eigenvalue weighted by Gasteiger charge is -2.11. The van der Waals surface area contributed by atoms with Gasteiger partial charge in [-0.05, 0) is 31.0 Å². The Morgan fingerprint density at radius 3 is 2.74 bits per heavy atom. The first-order valence-corrected chi connectivity index (χ1v) is 6.27. The van der Waals surface area contributed by atoms with Gasteiger partial charge < -0.3 is 9.15 Å². The highest BCUT2D eigenvalue weighted by molar-refractivity contribution is 5.86. The molecule has 0 aliphatic heterocycles. The number of aryl methyl sites for hydroxylation is 2. The van der Waals surface area contributed by atoms with E-state index in [0.717, 1.165) is 22.9 Å². The van der Waals surface area contributed by atoms with E-state index in [1.54, 1.807) is 6.07 Å². The van der Waals surface area contributed by atoms with Crippen LogP contribution in [0.2, 0.25) is 0 Å². The van der Waals surface area contributed by atoms with Gasteiger partial charge in [-0.15, -0.1) is 0 Å². The van der Waals surface area contributed by atoms with E-state index in [1.807, 2.05) is 19.9 Å². The summed E-state index contributed by atoms with van der Waals surface area (Å²) in [7, 11) is 0. The van der Waals surface area contributed by atoms with Crippen LogP contribution in [0.4, 0.5) is 0 Å². The zero-order chi connectivity index (χ0) is 14.0. The highest BCUT2D eigenvalue weighted by Crippen LogP contribution is 2.30. The quantitative estimate of drug-likeness (QED) is 0.483. The number of hydrogen-bond donors (Lipinski definition) is 0. The van der Waals surface area contributed by atoms with Crippen molar-refractivity contribution in [2.75, 3.05) is 0 Å². The third-order valence-electron chi connectivity index (χ3n) is 2.93. The molecule has 0 radical (unpaired) electrons. The van der Waals surface area contributed by atoms with Gasteiger partial charge in [0.2, 0.25) is 0 Å². The number of hydrogen-bond acceptors (Lipinski definition) is 4. The van der Waals surface area contributed by atoms with Gasteiger partial charge in [0.25, 0.3) is 0 Å². The average molecular weight is 260 g/mol. The van der Waals surface area contributed by atoms with Crippen LogP contribution in [-0.4, -0.2) is 5.97 Å². The van der Waals surface area contributed by atoms with E-state index >= 15 is 0 Å². The molecule has 0 unspecified atom stereocenters. The van der Waals surface area contributed by atoms with Crippen LogP contribution in [0.15, 0.2) is 27.4 Å². The number of carbonyl (C=O) groups excluding carboxylic acids is 1. The number of rotatable bonds is 3. The minimum absolute atomic E-state index is 0.383. The molecule has 100 valence electrons. The molecule has 4 nitrogen and oxygen atoms in total. The molecular formula is C15H16O4. The monoisotopic (exact) mass is 260 g/mol. The summed E-state index contributed by atoms with van der Waals surface area (Å²) in [6.07, 6.45) is 1.55. The largest absolute Gasteiger partial charge is 0.426 e. The molecule has 0 N–H and O–H groups in total. The number of fused-ring (bicyclic) bond motifs is 1. The average Bonchev–Trinajstić information content (AvgIpc) is 2.31. The van der Waals surface area contributed by atoms with Gasteiger partial charge in [0, 0.05) is 23.9 Å². The molecule has 0 saturated heterocycles. The standard InChI is InChI=1S/C15H16O4/c1-4-5-12-13(18-10(3)16)7-6-11-9(2)8-14(17)19-15(11)12/h6-8H,4-5H2,1-3H3. The van der Waals surface area contributed by atoms with Gasteiger partial charge in [-0.1, -0.05) is 13.3 Å². The maximum Gasteiger partial charge on any atom is 0.336 e. The second kappa shape index (κ2) is 5.26. The third-order valence-corrected chi connectivity index (χ3v) is 2.93. The van der Waals surface area contributed by atoms with Crippen molar-refractivity contribution in [1.29, 1.82) is 0 Å². The van der Waals surface area contributed by atoms with E-state index in [1.165, 1.54) is 13.0 Å². The fourth-order valence-corrected chi connectivity index (χ4v) is 2.16. The predicted octanol–water partition coefficient (Wildman–Crippen LogP) is 2.98. The van der Waals surface area contributed by atoms with Crippen molar-refractivity contribution in [3.63, 3.8) is 0 Å². The summed E-state index contributed by atoms with van der Waals surface area (Å²) < 4.78 is 10.5. The zero-order valence-corrected chi connectivity index (χ0v) is 11.3. The molecule has 19 heavy (non-hydrogen) atoms. The topological polar surface area (TPSA) is 56.5 Å². The van der Waals surface area contributed by atoms with Crippen LogP contribution < -0.4 is 10.4 Å². The molecule has 2 rings (SSSR count). The Kier molecular flexibility index (Phi) is 3.69. The van der Waals surface area contributed by atoms with E-state index < -0.39 is 0 Å². The van der Waals surface area contributed by atoms with Crippen LogP contribution in [0.5, 0.6) is 5.75 Å². The zero-order valence-electron chi connectivity index (χ0n) is 11.3. The minimum Gasteiger partial charge on any atom is -0.426 e. The molecule has 2 aromatic rings. The number of esters is 1. The lowest BCUT2D eigenvalue weighted by Crippen LogP contribution is -2.06. The Bertz CT molecular complexity index is 682. The Hall–Kier alpha value is -2.10. The Morgan fingerprint density at radius 1 is 1.37 bits per heavy atom. The van der Waals surface area contributed by atoms with Crippen LogP contribution in [0.25, 0.3) is 11.0 Å². The lowest BCUT2D eigenvalue weighted by molar-refractivity contribution is -0.131. The van der Waals surface area contributed by atoms with Gasteiger partial charge in [-0.2, -0.15) is 0 Å². The van der Waals surface area contributed by atoms with E-state index in [2.05, 4.69) is 0 Å². The maximum absolute atomic E-state index is 11.5. The summed E-state index contributed by atoms with van der Waals surface area (Å²) in [5.41, 5.74) is 1.77. The van der Waals surface area contributed by atoms with Crippen molar-refractivity contribution in [3.05, 3.63) is 39.7 Å². The van der Waals surface area contributed by atoms with Crippen molar-refractivity contribution >= 4 is 16.9 Å². The van der Waals surface area contributed by atoms with Crippen molar-refractivity contribution in [3.8, 4) is 5.75 Å². The first-order chi connectivity index (χ1) is 9.02. The molecule has 1 heterocycles. The van der Waals surface area contributed by atoms with Crippen molar-refractivity contribution in [2.24, 2.45) is 0 Å². The summed E-state index contributed by atoms with van der Waals surface area (Å²) in [5, 5.41) is 0.874. The highest BCUT2D eigenvalue weighted by Gasteiger charge is 2.14. The molecular weight excluding hydrogens is 244 g/mol. The Morgan fingerprint density at radius 2 is 2.11 bits per heavy atom. The molecule has 0 spiro atoms. The van der Waals surface area contributed by atoms with Crippen LogP contribution >= 0.6 is 0 Å². The van der Waals surface area contributed by atoms with E-state index in [9.17, 15) is 9.59 Å². The molecule has 0 fully saturated rings. The summed E-state index contributed by atoms with van der Waals surface area (Å²) in [6.45, 7) is 5.23. The summed E-state index contributed by atoms with van der Waals surface area (Å²) >= 11 is 0. The molecule has 0 aliphatic rings. The molecule has 0 bridgehead atoms. The van der Waals surface area contributed by atoms with E-state index in [0.29, 0.717) is 17.8 Å². The van der Waals surface area contributed by atoms with Crippen molar-refractivity contribution in [1.82, 2.24) is 0 Å². The van der Waals surface area contributed by atoms with E-state index in [4.69, 9.17) is 9.15 Å². The van der Waals surface area contributed by atoms with Gasteiger partial charge in [-0.3, -0.25) is 4.79 Å². The van der Waals surface area contributed by atoms with Gasteiger partial charge >= 0.3 is 11.6 Å². The fraction of sp³-hybridized carbons (Fsp3) is 0.333.